The van der Waals surface area contributed by atoms with E-state index >= 15 is 0 Å². The molecule has 7 heteroatoms. The molecule has 124 valence electrons. The molecular weight excluding hydrogens is 290 g/mol. The van der Waals surface area contributed by atoms with Crippen LogP contribution >= 0.6 is 0 Å². The zero-order valence-corrected chi connectivity index (χ0v) is 14.1. The first kappa shape index (κ1) is 17.1. The van der Waals surface area contributed by atoms with Gasteiger partial charge in [0, 0.05) is 39.9 Å². The molecule has 0 amide bonds. The Kier molecular flexibility index (Phi) is 6.43. The van der Waals surface area contributed by atoms with Gasteiger partial charge in [-0.05, 0) is 51.1 Å². The van der Waals surface area contributed by atoms with Gasteiger partial charge < -0.3 is 10.1 Å². The highest BCUT2D eigenvalue weighted by molar-refractivity contribution is 7.86. The second-order valence-electron chi connectivity index (χ2n) is 6.24. The van der Waals surface area contributed by atoms with Crippen LogP contribution in [-0.2, 0) is 14.9 Å². The first-order valence-corrected chi connectivity index (χ1v) is 9.37. The monoisotopic (exact) mass is 319 g/mol. The predicted molar refractivity (Wildman–Crippen MR) is 83.3 cm³/mol. The van der Waals surface area contributed by atoms with E-state index in [4.69, 9.17) is 4.74 Å². The molecule has 0 aromatic rings. The minimum Gasteiger partial charge on any atom is -0.381 e. The number of rotatable bonds is 6. The number of nitrogens with zero attached hydrogens (tertiary/aromatic N) is 2. The highest BCUT2D eigenvalue weighted by Crippen LogP contribution is 2.22. The quantitative estimate of drug-likeness (QED) is 0.775. The molecule has 0 atom stereocenters. The van der Waals surface area contributed by atoms with Gasteiger partial charge in [-0.2, -0.15) is 17.0 Å². The number of piperidine rings is 1. The van der Waals surface area contributed by atoms with Crippen molar-refractivity contribution in [2.45, 2.75) is 25.7 Å². The van der Waals surface area contributed by atoms with Crippen LogP contribution in [0.4, 0.5) is 0 Å². The maximum absolute atomic E-state index is 12.6. The molecule has 2 aliphatic heterocycles. The molecule has 0 radical (unpaired) electrons. The summed E-state index contributed by atoms with van der Waals surface area (Å²) < 4.78 is 33.8. The largest absolute Gasteiger partial charge is 0.381 e. The van der Waals surface area contributed by atoms with Crippen molar-refractivity contribution in [2.75, 3.05) is 53.5 Å². The zero-order chi connectivity index (χ0) is 15.3. The van der Waals surface area contributed by atoms with E-state index in [0.29, 0.717) is 31.5 Å². The lowest BCUT2D eigenvalue weighted by atomic mass is 9.98. The van der Waals surface area contributed by atoms with Gasteiger partial charge in [0.1, 0.15) is 0 Å². The van der Waals surface area contributed by atoms with Crippen LogP contribution in [0.5, 0.6) is 0 Å². The predicted octanol–water partition coefficient (Wildman–Crippen LogP) is 0.521. The number of nitrogens with one attached hydrogen (secondary N) is 1. The van der Waals surface area contributed by atoms with Crippen molar-refractivity contribution >= 4 is 10.2 Å². The van der Waals surface area contributed by atoms with Gasteiger partial charge in [-0.1, -0.05) is 0 Å². The topological polar surface area (TPSA) is 61.9 Å². The van der Waals surface area contributed by atoms with Crippen molar-refractivity contribution in [2.24, 2.45) is 11.8 Å². The average molecular weight is 319 g/mol. The van der Waals surface area contributed by atoms with Gasteiger partial charge in [-0.3, -0.25) is 0 Å². The summed E-state index contributed by atoms with van der Waals surface area (Å²) in [6, 6.07) is 0. The maximum Gasteiger partial charge on any atom is 0.281 e. The van der Waals surface area contributed by atoms with E-state index in [1.807, 2.05) is 7.05 Å². The molecule has 2 saturated heterocycles. The molecule has 0 aromatic heterocycles. The molecule has 0 spiro atoms. The Hall–Kier alpha value is -0.210. The summed E-state index contributed by atoms with van der Waals surface area (Å²) >= 11 is 0. The van der Waals surface area contributed by atoms with Crippen molar-refractivity contribution < 1.29 is 13.2 Å². The molecular formula is C14H29N3O3S. The molecule has 0 aliphatic carbocycles. The van der Waals surface area contributed by atoms with E-state index in [1.165, 1.54) is 0 Å². The highest BCUT2D eigenvalue weighted by atomic mass is 32.2. The Morgan fingerprint density at radius 2 is 1.76 bits per heavy atom. The molecule has 2 fully saturated rings. The molecule has 0 unspecified atom stereocenters. The Balaban J connectivity index is 1.85. The third kappa shape index (κ3) is 4.63. The zero-order valence-electron chi connectivity index (χ0n) is 13.3. The van der Waals surface area contributed by atoms with Crippen LogP contribution in [0.25, 0.3) is 0 Å². The fraction of sp³-hybridized carbons (Fsp3) is 1.00. The summed E-state index contributed by atoms with van der Waals surface area (Å²) in [7, 11) is 0.368. The van der Waals surface area contributed by atoms with Crippen LogP contribution in [0.15, 0.2) is 0 Å². The lowest BCUT2D eigenvalue weighted by Gasteiger charge is -2.35. The molecule has 0 aromatic carbocycles. The number of hydrogen-bond donors (Lipinski definition) is 1. The molecule has 21 heavy (non-hydrogen) atoms. The van der Waals surface area contributed by atoms with Gasteiger partial charge in [-0.25, -0.2) is 0 Å². The molecule has 0 saturated carbocycles. The van der Waals surface area contributed by atoms with Crippen LogP contribution in [0, 0.1) is 11.8 Å². The standard InChI is InChI=1S/C14H29N3O3S/c1-15-11-13-3-7-17(8-4-13)21(18,19)16(2)12-14-5-9-20-10-6-14/h13-15H,3-12H2,1-2H3. The maximum atomic E-state index is 12.6. The van der Waals surface area contributed by atoms with Crippen LogP contribution in [0.1, 0.15) is 25.7 Å². The minimum absolute atomic E-state index is 0.431. The lowest BCUT2D eigenvalue weighted by Crippen LogP contribution is -2.48. The van der Waals surface area contributed by atoms with Gasteiger partial charge in [0.2, 0.25) is 0 Å². The fourth-order valence-electron chi connectivity index (χ4n) is 3.22. The summed E-state index contributed by atoms with van der Waals surface area (Å²) in [6.07, 6.45) is 3.82. The normalized spacial score (nSPS) is 23.8. The van der Waals surface area contributed by atoms with E-state index in [2.05, 4.69) is 5.32 Å². The minimum atomic E-state index is -3.29. The van der Waals surface area contributed by atoms with E-state index in [0.717, 1.165) is 45.4 Å². The molecule has 2 rings (SSSR count). The molecule has 0 bridgehead atoms. The average Bonchev–Trinajstić information content (AvgIpc) is 2.49. The Bertz CT molecular complexity index is 402. The van der Waals surface area contributed by atoms with Crippen LogP contribution in [-0.4, -0.2) is 70.5 Å². The summed E-state index contributed by atoms with van der Waals surface area (Å²) in [5, 5.41) is 3.18. The summed E-state index contributed by atoms with van der Waals surface area (Å²) in [6.45, 7) is 4.40. The van der Waals surface area contributed by atoms with E-state index in [1.54, 1.807) is 15.7 Å². The second kappa shape index (κ2) is 7.87. The molecule has 1 N–H and O–H groups in total. The van der Waals surface area contributed by atoms with Crippen LogP contribution in [0.3, 0.4) is 0 Å². The second-order valence-corrected chi connectivity index (χ2v) is 8.28. The lowest BCUT2D eigenvalue weighted by molar-refractivity contribution is 0.0614. The van der Waals surface area contributed by atoms with E-state index in [-0.39, 0.29) is 0 Å². The van der Waals surface area contributed by atoms with Crippen molar-refractivity contribution in [1.82, 2.24) is 13.9 Å². The third-order valence-corrected chi connectivity index (χ3v) is 6.60. The smallest absolute Gasteiger partial charge is 0.281 e. The Labute approximate surface area is 129 Å². The first-order valence-electron chi connectivity index (χ1n) is 7.97. The third-order valence-electron chi connectivity index (χ3n) is 4.64. The molecule has 2 aliphatic rings. The SMILES string of the molecule is CNCC1CCN(S(=O)(=O)N(C)CC2CCOCC2)CC1. The van der Waals surface area contributed by atoms with Crippen molar-refractivity contribution in [3.05, 3.63) is 0 Å². The summed E-state index contributed by atoms with van der Waals surface area (Å²) in [4.78, 5) is 0. The summed E-state index contributed by atoms with van der Waals surface area (Å²) in [5.74, 6) is 1.03. The van der Waals surface area contributed by atoms with Crippen molar-refractivity contribution in [3.63, 3.8) is 0 Å². The van der Waals surface area contributed by atoms with Gasteiger partial charge in [-0.15, -0.1) is 0 Å². The van der Waals surface area contributed by atoms with Crippen LogP contribution < -0.4 is 5.32 Å². The number of ether oxygens (including phenoxy) is 1. The van der Waals surface area contributed by atoms with E-state index in [9.17, 15) is 8.42 Å². The van der Waals surface area contributed by atoms with Crippen molar-refractivity contribution in [3.8, 4) is 0 Å². The van der Waals surface area contributed by atoms with Crippen molar-refractivity contribution in [1.29, 1.82) is 0 Å². The summed E-state index contributed by atoms with van der Waals surface area (Å²) in [5.41, 5.74) is 0. The van der Waals surface area contributed by atoms with Gasteiger partial charge in [0.15, 0.2) is 0 Å². The van der Waals surface area contributed by atoms with Gasteiger partial charge in [0.05, 0.1) is 0 Å². The van der Waals surface area contributed by atoms with Gasteiger partial charge >= 0.3 is 0 Å². The Morgan fingerprint density at radius 3 is 2.33 bits per heavy atom. The van der Waals surface area contributed by atoms with E-state index < -0.39 is 10.2 Å². The first-order chi connectivity index (χ1) is 10.0. The molecule has 2 heterocycles. The molecule has 6 nitrogen and oxygen atoms in total. The fourth-order valence-corrected chi connectivity index (χ4v) is 4.68. The van der Waals surface area contributed by atoms with Crippen LogP contribution in [0.2, 0.25) is 0 Å². The Morgan fingerprint density at radius 1 is 1.14 bits per heavy atom. The number of hydrogen-bond acceptors (Lipinski definition) is 4. The van der Waals surface area contributed by atoms with Gasteiger partial charge in [0.25, 0.3) is 10.2 Å². The highest BCUT2D eigenvalue weighted by Gasteiger charge is 2.32.